The fourth-order valence-electron chi connectivity index (χ4n) is 0.166. The molecular formula is C2H4OPS+. The van der Waals surface area contributed by atoms with Gasteiger partial charge in [-0.3, -0.25) is 0 Å². The van der Waals surface area contributed by atoms with Gasteiger partial charge in [0, 0.05) is 0 Å². The molecule has 0 amide bonds. The lowest BCUT2D eigenvalue weighted by atomic mass is 11.8. The molecule has 0 atom stereocenters. The highest BCUT2D eigenvalue weighted by Crippen LogP contribution is 2.41. The van der Waals surface area contributed by atoms with Crippen molar-refractivity contribution in [2.24, 2.45) is 0 Å². The van der Waals surface area contributed by atoms with Crippen molar-refractivity contribution < 1.29 is 4.57 Å². The topological polar surface area (TPSA) is 17.1 Å². The van der Waals surface area contributed by atoms with Crippen molar-refractivity contribution in [1.82, 2.24) is 0 Å². The average molecular weight is 107 g/mol. The molecule has 0 saturated carbocycles. The molecule has 0 unspecified atom stereocenters. The summed E-state index contributed by atoms with van der Waals surface area (Å²) in [4.78, 5) is 0. The van der Waals surface area contributed by atoms with E-state index in [0.717, 1.165) is 11.0 Å². The van der Waals surface area contributed by atoms with Crippen LogP contribution < -0.4 is 0 Å². The lowest BCUT2D eigenvalue weighted by Gasteiger charge is -1.90. The van der Waals surface area contributed by atoms with Crippen molar-refractivity contribution in [2.45, 2.75) is 0 Å². The summed E-state index contributed by atoms with van der Waals surface area (Å²) in [5.74, 6) is 0. The van der Waals surface area contributed by atoms with Crippen LogP contribution in [-0.4, -0.2) is 11.0 Å². The largest absolute Gasteiger partial charge is 0.360 e. The third-order valence-electron chi connectivity index (χ3n) is 0.471. The molecule has 0 N–H and O–H groups in total. The Morgan fingerprint density at radius 2 is 2.00 bits per heavy atom. The average Bonchev–Trinajstić information content (AvgIpc) is 1.30. The smallest absolute Gasteiger partial charge is 0.0729 e. The van der Waals surface area contributed by atoms with Crippen molar-refractivity contribution in [3.8, 4) is 0 Å². The second kappa shape index (κ2) is 1.27. The van der Waals surface area contributed by atoms with Crippen molar-refractivity contribution in [1.29, 1.82) is 0 Å². The highest BCUT2D eigenvalue weighted by molar-refractivity contribution is 8.14. The fourth-order valence-corrected chi connectivity index (χ4v) is 1.49. The van der Waals surface area contributed by atoms with E-state index < -0.39 is 7.80 Å². The maximum atomic E-state index is 10.0. The Bertz CT molecular complexity index is 56.7. The zero-order valence-corrected chi connectivity index (χ0v) is 4.39. The zero-order valence-electron chi connectivity index (χ0n) is 2.68. The molecular weight excluding hydrogens is 103 g/mol. The maximum Gasteiger partial charge on any atom is 0.360 e. The molecule has 0 bridgehead atoms. The predicted molar refractivity (Wildman–Crippen MR) is 24.9 cm³/mol. The van der Waals surface area contributed by atoms with Crippen molar-refractivity contribution in [3.05, 3.63) is 0 Å². The summed E-state index contributed by atoms with van der Waals surface area (Å²) < 4.78 is 10.0. The molecule has 1 aliphatic rings. The molecule has 1 rings (SSSR count). The van der Waals surface area contributed by atoms with E-state index in [1.165, 1.54) is 0 Å². The summed E-state index contributed by atoms with van der Waals surface area (Å²) in [7, 11) is -0.705. The Morgan fingerprint density at radius 3 is 2.00 bits per heavy atom. The Kier molecular flexibility index (Phi) is 0.925. The van der Waals surface area contributed by atoms with Gasteiger partial charge in [-0.2, -0.15) is 0 Å². The summed E-state index contributed by atoms with van der Waals surface area (Å²) in [5.41, 5.74) is 1.82. The van der Waals surface area contributed by atoms with Crippen LogP contribution in [0, 0.1) is 0 Å². The van der Waals surface area contributed by atoms with Crippen LogP contribution in [0.5, 0.6) is 0 Å². The van der Waals surface area contributed by atoms with Crippen molar-refractivity contribution in [3.63, 3.8) is 0 Å². The molecule has 1 nitrogen and oxygen atoms in total. The monoisotopic (exact) mass is 107 g/mol. The molecule has 0 radical (unpaired) electrons. The first-order chi connectivity index (χ1) is 2.39. The molecule has 1 fully saturated rings. The summed E-state index contributed by atoms with van der Waals surface area (Å²) in [6.07, 6.45) is 0. The van der Waals surface area contributed by atoms with Gasteiger partial charge in [0.15, 0.2) is 11.0 Å². The van der Waals surface area contributed by atoms with Crippen LogP contribution in [0.25, 0.3) is 0 Å². The van der Waals surface area contributed by atoms with Gasteiger partial charge >= 0.3 is 7.80 Å². The van der Waals surface area contributed by atoms with Gasteiger partial charge in [-0.15, -0.1) is 0 Å². The molecule has 0 aliphatic carbocycles. The van der Waals surface area contributed by atoms with Crippen LogP contribution in [0.2, 0.25) is 0 Å². The van der Waals surface area contributed by atoms with E-state index in [1.807, 2.05) is 0 Å². The van der Waals surface area contributed by atoms with E-state index in [0.29, 0.717) is 0 Å². The van der Waals surface area contributed by atoms with E-state index in [9.17, 15) is 4.57 Å². The van der Waals surface area contributed by atoms with Gasteiger partial charge in [-0.05, 0) is 0 Å². The van der Waals surface area contributed by atoms with Crippen LogP contribution >= 0.6 is 19.6 Å². The Hall–Kier alpha value is 0.450. The van der Waals surface area contributed by atoms with Crippen molar-refractivity contribution in [2.75, 3.05) is 11.0 Å². The predicted octanol–water partition coefficient (Wildman–Crippen LogP) is 1.48. The molecule has 0 spiro atoms. The summed E-state index contributed by atoms with van der Waals surface area (Å²) in [5, 5.41) is 0. The highest BCUT2D eigenvalue weighted by Gasteiger charge is 2.25. The van der Waals surface area contributed by atoms with E-state index in [-0.39, 0.29) is 0 Å². The normalized spacial score (nSPS) is 22.0. The minimum absolute atomic E-state index is 0.705. The molecule has 28 valence electrons. The first-order valence-corrected chi connectivity index (χ1v) is 4.18. The minimum Gasteiger partial charge on any atom is -0.0729 e. The molecule has 1 saturated heterocycles. The van der Waals surface area contributed by atoms with E-state index in [2.05, 4.69) is 0 Å². The first-order valence-electron chi connectivity index (χ1n) is 1.39. The lowest BCUT2D eigenvalue weighted by Crippen LogP contribution is -1.84. The molecule has 0 aromatic carbocycles. The van der Waals surface area contributed by atoms with Gasteiger partial charge in [-0.25, -0.2) is 0 Å². The third kappa shape index (κ3) is 0.642. The molecule has 1 heterocycles. The third-order valence-corrected chi connectivity index (χ3v) is 4.24. The molecule has 5 heavy (non-hydrogen) atoms. The molecule has 3 heteroatoms. The quantitative estimate of drug-likeness (QED) is 0.436. The number of rotatable bonds is 0. The van der Waals surface area contributed by atoms with E-state index in [4.69, 9.17) is 0 Å². The van der Waals surface area contributed by atoms with Gasteiger partial charge in [0.1, 0.15) is 0 Å². The zero-order chi connectivity index (χ0) is 3.70. The van der Waals surface area contributed by atoms with Crippen LogP contribution in [-0.2, 0) is 4.57 Å². The number of hydrogen-bond donors (Lipinski definition) is 0. The standard InChI is InChI=1S/C2H4OPS/c3-4-1-5-2-4/h1-2H2/q+1. The molecule has 0 aromatic heterocycles. The van der Waals surface area contributed by atoms with Crippen LogP contribution in [0.4, 0.5) is 0 Å². The van der Waals surface area contributed by atoms with Crippen LogP contribution in [0.3, 0.4) is 0 Å². The van der Waals surface area contributed by atoms with Crippen LogP contribution in [0.15, 0.2) is 0 Å². The summed E-state index contributed by atoms with van der Waals surface area (Å²) in [6.45, 7) is 0. The first kappa shape index (κ1) is 3.63. The van der Waals surface area contributed by atoms with E-state index in [1.54, 1.807) is 11.8 Å². The van der Waals surface area contributed by atoms with Gasteiger partial charge < -0.3 is 0 Å². The summed E-state index contributed by atoms with van der Waals surface area (Å²) in [6, 6.07) is 0. The minimum atomic E-state index is -0.705. The number of thioether (sulfide) groups is 1. The van der Waals surface area contributed by atoms with Gasteiger partial charge in [0.05, 0.1) is 0 Å². The second-order valence-corrected chi connectivity index (χ2v) is 4.38. The second-order valence-electron chi connectivity index (χ2n) is 0.944. The van der Waals surface area contributed by atoms with E-state index >= 15 is 0 Å². The Labute approximate surface area is 35.9 Å². The highest BCUT2D eigenvalue weighted by atomic mass is 32.2. The van der Waals surface area contributed by atoms with Crippen LogP contribution in [0.1, 0.15) is 0 Å². The van der Waals surface area contributed by atoms with Crippen molar-refractivity contribution >= 4 is 19.6 Å². The van der Waals surface area contributed by atoms with Gasteiger partial charge in [-0.1, -0.05) is 16.3 Å². The fraction of sp³-hybridized carbons (Fsp3) is 1.00. The Balaban J connectivity index is 2.32. The molecule has 0 aromatic rings. The van der Waals surface area contributed by atoms with Gasteiger partial charge in [0.2, 0.25) is 0 Å². The Morgan fingerprint density at radius 1 is 1.60 bits per heavy atom. The molecule has 1 aliphatic heterocycles. The SMILES string of the molecule is O=[P+]1CSC1. The number of hydrogen-bond acceptors (Lipinski definition) is 2. The summed E-state index contributed by atoms with van der Waals surface area (Å²) >= 11 is 1.76. The lowest BCUT2D eigenvalue weighted by molar-refractivity contribution is 0.592. The maximum absolute atomic E-state index is 10.0. The van der Waals surface area contributed by atoms with Gasteiger partial charge in [0.25, 0.3) is 0 Å².